The molecule has 2 rings (SSSR count). The molecule has 1 aromatic heterocycles. The summed E-state index contributed by atoms with van der Waals surface area (Å²) in [5, 5.41) is 13.2. The lowest BCUT2D eigenvalue weighted by Gasteiger charge is -2.15. The summed E-state index contributed by atoms with van der Waals surface area (Å²) in [6.45, 7) is 2.46. The fraction of sp³-hybridized carbons (Fsp3) is 0.231. The largest absolute Gasteiger partial charge is 0.480 e. The van der Waals surface area contributed by atoms with Crippen molar-refractivity contribution in [3.63, 3.8) is 0 Å². The van der Waals surface area contributed by atoms with E-state index >= 15 is 0 Å². The highest BCUT2D eigenvalue weighted by Crippen LogP contribution is 2.28. The maximum atomic E-state index is 11.3. The Labute approximate surface area is 113 Å². The number of likely N-dealkylation sites (N-methyl/N-ethyl adjacent to an activating group) is 1. The van der Waals surface area contributed by atoms with Gasteiger partial charge >= 0.3 is 5.97 Å². The molecular weight excluding hydrogens is 296 g/mol. The van der Waals surface area contributed by atoms with E-state index in [0.717, 1.165) is 9.86 Å². The number of aromatic nitrogens is 1. The highest BCUT2D eigenvalue weighted by Gasteiger charge is 2.21. The second-order valence-corrected chi connectivity index (χ2v) is 4.72. The van der Waals surface area contributed by atoms with E-state index in [9.17, 15) is 9.90 Å². The predicted molar refractivity (Wildman–Crippen MR) is 73.5 cm³/mol. The molecule has 0 saturated carbocycles. The number of hydrogen-bond acceptors (Lipinski definition) is 3. The summed E-state index contributed by atoms with van der Waals surface area (Å²) < 4.78 is 0.912. The number of halogens is 1. The maximum absolute atomic E-state index is 11.3. The average Bonchev–Trinajstić information content (AvgIpc) is 2.37. The van der Waals surface area contributed by atoms with Gasteiger partial charge in [-0.25, -0.2) is 0 Å². The molecule has 0 radical (unpaired) electrons. The van der Waals surface area contributed by atoms with Gasteiger partial charge in [0, 0.05) is 21.6 Å². The Hall–Kier alpha value is -1.46. The Kier molecular flexibility index (Phi) is 3.93. The maximum Gasteiger partial charge on any atom is 0.325 e. The number of pyridine rings is 1. The minimum Gasteiger partial charge on any atom is -0.480 e. The van der Waals surface area contributed by atoms with Crippen LogP contribution in [0.5, 0.6) is 0 Å². The summed E-state index contributed by atoms with van der Waals surface area (Å²) in [4.78, 5) is 15.6. The zero-order chi connectivity index (χ0) is 13.1. The zero-order valence-electron chi connectivity index (χ0n) is 9.85. The number of hydrogen-bond donors (Lipinski definition) is 2. The number of rotatable bonds is 4. The molecule has 18 heavy (non-hydrogen) atoms. The number of carbonyl (C=O) groups is 1. The molecular formula is C13H13BrN2O2. The normalized spacial score (nSPS) is 12.6. The third kappa shape index (κ3) is 2.37. The fourth-order valence-corrected chi connectivity index (χ4v) is 2.38. The predicted octanol–water partition coefficient (Wildman–Crippen LogP) is 2.73. The molecule has 0 aliphatic heterocycles. The van der Waals surface area contributed by atoms with E-state index < -0.39 is 12.0 Å². The van der Waals surface area contributed by atoms with Gasteiger partial charge in [0.2, 0.25) is 0 Å². The molecule has 0 spiro atoms. The number of carboxylic acid groups (broad SMARTS) is 1. The first-order valence-electron chi connectivity index (χ1n) is 5.64. The van der Waals surface area contributed by atoms with Gasteiger partial charge in [-0.2, -0.15) is 0 Å². The quantitative estimate of drug-likeness (QED) is 0.911. The topological polar surface area (TPSA) is 62.2 Å². The minimum absolute atomic E-state index is 0.585. The summed E-state index contributed by atoms with van der Waals surface area (Å²) in [5.74, 6) is -0.897. The number of benzene rings is 1. The molecule has 4 nitrogen and oxygen atoms in total. The van der Waals surface area contributed by atoms with Gasteiger partial charge in [-0.15, -0.1) is 0 Å². The molecule has 0 bridgehead atoms. The fourth-order valence-electron chi connectivity index (χ4n) is 1.93. The van der Waals surface area contributed by atoms with Crippen LogP contribution in [-0.4, -0.2) is 22.6 Å². The Bertz CT molecular complexity index is 586. The summed E-state index contributed by atoms with van der Waals surface area (Å²) >= 11 is 3.45. The van der Waals surface area contributed by atoms with Crippen LogP contribution in [0.25, 0.3) is 10.9 Å². The Morgan fingerprint density at radius 1 is 1.50 bits per heavy atom. The van der Waals surface area contributed by atoms with Crippen LogP contribution >= 0.6 is 15.9 Å². The zero-order valence-corrected chi connectivity index (χ0v) is 11.4. The van der Waals surface area contributed by atoms with E-state index in [2.05, 4.69) is 26.2 Å². The molecule has 0 aliphatic carbocycles. The van der Waals surface area contributed by atoms with Crippen LogP contribution < -0.4 is 5.32 Å². The minimum atomic E-state index is -0.897. The molecule has 5 heteroatoms. The molecule has 0 fully saturated rings. The van der Waals surface area contributed by atoms with Crippen LogP contribution in [0.4, 0.5) is 0 Å². The van der Waals surface area contributed by atoms with Crippen molar-refractivity contribution < 1.29 is 9.90 Å². The van der Waals surface area contributed by atoms with Crippen LogP contribution in [0.2, 0.25) is 0 Å². The number of aliphatic carboxylic acids is 1. The van der Waals surface area contributed by atoms with Crippen LogP contribution in [0.1, 0.15) is 18.5 Å². The third-order valence-electron chi connectivity index (χ3n) is 2.71. The Morgan fingerprint density at radius 2 is 2.28 bits per heavy atom. The van der Waals surface area contributed by atoms with Crippen molar-refractivity contribution in [1.29, 1.82) is 0 Å². The van der Waals surface area contributed by atoms with Gasteiger partial charge < -0.3 is 10.4 Å². The van der Waals surface area contributed by atoms with Gasteiger partial charge in [0.15, 0.2) is 0 Å². The van der Waals surface area contributed by atoms with Crippen LogP contribution in [0, 0.1) is 0 Å². The van der Waals surface area contributed by atoms with Crippen molar-refractivity contribution in [2.75, 3.05) is 6.54 Å². The Morgan fingerprint density at radius 3 is 2.94 bits per heavy atom. The van der Waals surface area contributed by atoms with E-state index in [1.54, 1.807) is 12.3 Å². The molecule has 2 aromatic rings. The van der Waals surface area contributed by atoms with Crippen molar-refractivity contribution in [3.8, 4) is 0 Å². The van der Waals surface area contributed by atoms with E-state index in [0.29, 0.717) is 17.6 Å². The molecule has 0 saturated heterocycles. The summed E-state index contributed by atoms with van der Waals surface area (Å²) in [5.41, 5.74) is 1.39. The van der Waals surface area contributed by atoms with E-state index in [4.69, 9.17) is 0 Å². The second kappa shape index (κ2) is 5.46. The smallest absolute Gasteiger partial charge is 0.325 e. The van der Waals surface area contributed by atoms with Gasteiger partial charge in [-0.3, -0.25) is 9.78 Å². The first-order valence-corrected chi connectivity index (χ1v) is 6.43. The highest BCUT2D eigenvalue weighted by atomic mass is 79.9. The lowest BCUT2D eigenvalue weighted by Crippen LogP contribution is -2.28. The molecule has 1 atom stereocenters. The second-order valence-electron chi connectivity index (χ2n) is 3.87. The third-order valence-corrected chi connectivity index (χ3v) is 3.41. The van der Waals surface area contributed by atoms with Gasteiger partial charge in [-0.05, 0) is 18.7 Å². The molecule has 94 valence electrons. The van der Waals surface area contributed by atoms with E-state index in [-0.39, 0.29) is 0 Å². The first kappa shape index (κ1) is 13.0. The molecule has 1 aromatic carbocycles. The monoisotopic (exact) mass is 308 g/mol. The lowest BCUT2D eigenvalue weighted by molar-refractivity contribution is -0.139. The highest BCUT2D eigenvalue weighted by molar-refractivity contribution is 9.10. The molecule has 1 unspecified atom stereocenters. The van der Waals surface area contributed by atoms with E-state index in [1.165, 1.54) is 0 Å². The number of nitrogens with one attached hydrogen (secondary N) is 1. The SMILES string of the molecule is CCNC(C(=O)O)c1ccc(Br)c2cccnc12. The summed E-state index contributed by atoms with van der Waals surface area (Å²) in [6.07, 6.45) is 1.67. The summed E-state index contributed by atoms with van der Waals surface area (Å²) in [7, 11) is 0. The standard InChI is InChI=1S/C13H13BrN2O2/c1-2-15-12(13(17)18)9-5-6-10(14)8-4-3-7-16-11(8)9/h3-7,12,15H,2H2,1H3,(H,17,18). The van der Waals surface area contributed by atoms with Gasteiger partial charge in [0.05, 0.1) is 5.52 Å². The van der Waals surface area contributed by atoms with Gasteiger partial charge in [0.1, 0.15) is 6.04 Å². The molecule has 1 heterocycles. The van der Waals surface area contributed by atoms with Crippen molar-refractivity contribution >= 4 is 32.8 Å². The average molecular weight is 309 g/mol. The number of nitrogens with zero attached hydrogens (tertiary/aromatic N) is 1. The van der Waals surface area contributed by atoms with Crippen LogP contribution in [0.15, 0.2) is 34.9 Å². The van der Waals surface area contributed by atoms with Crippen molar-refractivity contribution in [2.45, 2.75) is 13.0 Å². The van der Waals surface area contributed by atoms with Crippen LogP contribution in [0.3, 0.4) is 0 Å². The van der Waals surface area contributed by atoms with Crippen molar-refractivity contribution in [2.24, 2.45) is 0 Å². The number of fused-ring (bicyclic) bond motifs is 1. The number of carboxylic acids is 1. The summed E-state index contributed by atoms with van der Waals surface area (Å²) in [6, 6.07) is 6.66. The van der Waals surface area contributed by atoms with E-state index in [1.807, 2.05) is 25.1 Å². The molecule has 2 N–H and O–H groups in total. The van der Waals surface area contributed by atoms with Gasteiger partial charge in [0.25, 0.3) is 0 Å². The Balaban J connectivity index is 2.63. The first-order chi connectivity index (χ1) is 8.65. The molecule has 0 aliphatic rings. The van der Waals surface area contributed by atoms with Gasteiger partial charge in [-0.1, -0.05) is 35.0 Å². The van der Waals surface area contributed by atoms with Crippen molar-refractivity contribution in [1.82, 2.24) is 10.3 Å². The van der Waals surface area contributed by atoms with Crippen LogP contribution in [-0.2, 0) is 4.79 Å². The molecule has 0 amide bonds. The van der Waals surface area contributed by atoms with Crippen molar-refractivity contribution in [3.05, 3.63) is 40.5 Å². The lowest BCUT2D eigenvalue weighted by atomic mass is 10.0.